The topological polar surface area (TPSA) is 21.3 Å². The van der Waals surface area contributed by atoms with Gasteiger partial charge in [0, 0.05) is 6.54 Å². The molecule has 17 heavy (non-hydrogen) atoms. The third-order valence-corrected chi connectivity index (χ3v) is 2.38. The van der Waals surface area contributed by atoms with E-state index in [1.807, 2.05) is 25.3 Å². The van der Waals surface area contributed by atoms with E-state index in [1.165, 1.54) is 5.56 Å². The minimum atomic E-state index is 0. The molecule has 0 heterocycles. The first kappa shape index (κ1) is 16.0. The van der Waals surface area contributed by atoms with Crippen LogP contribution < -0.4 is 10.1 Å². The lowest BCUT2D eigenvalue weighted by Gasteiger charge is -2.07. The standard InChI is InChI=1S/C14H21NO.ClH/c1-12(2)13-6-8-14(9-7-13)16-11-5-4-10-15-3;/h4-9,12,15H,10-11H2,1-3H3;1H/b5-4+;. The Kier molecular flexibility index (Phi) is 8.55. The van der Waals surface area contributed by atoms with Crippen LogP contribution in [0.15, 0.2) is 36.4 Å². The van der Waals surface area contributed by atoms with Crippen LogP contribution in [-0.4, -0.2) is 20.2 Å². The molecular weight excluding hydrogens is 234 g/mol. The van der Waals surface area contributed by atoms with E-state index in [0.29, 0.717) is 12.5 Å². The molecule has 1 rings (SSSR count). The molecule has 0 bridgehead atoms. The van der Waals surface area contributed by atoms with Gasteiger partial charge in [-0.25, -0.2) is 0 Å². The lowest BCUT2D eigenvalue weighted by Crippen LogP contribution is -2.04. The van der Waals surface area contributed by atoms with Gasteiger partial charge in [-0.3, -0.25) is 0 Å². The largest absolute Gasteiger partial charge is 0.490 e. The first-order valence-corrected chi connectivity index (χ1v) is 5.76. The zero-order valence-electron chi connectivity index (χ0n) is 10.8. The molecule has 0 unspecified atom stereocenters. The summed E-state index contributed by atoms with van der Waals surface area (Å²) in [5.74, 6) is 1.50. The third-order valence-electron chi connectivity index (χ3n) is 2.38. The highest BCUT2D eigenvalue weighted by Crippen LogP contribution is 2.18. The Morgan fingerprint density at radius 3 is 2.35 bits per heavy atom. The summed E-state index contributed by atoms with van der Waals surface area (Å²) in [5.41, 5.74) is 1.35. The lowest BCUT2D eigenvalue weighted by atomic mass is 10.0. The van der Waals surface area contributed by atoms with E-state index < -0.39 is 0 Å². The molecular formula is C14H22ClNO. The Hall–Kier alpha value is -0.990. The molecule has 1 aromatic carbocycles. The first-order valence-electron chi connectivity index (χ1n) is 5.76. The second kappa shape index (κ2) is 9.08. The Balaban J connectivity index is 0.00000256. The first-order chi connectivity index (χ1) is 7.74. The van der Waals surface area contributed by atoms with Crippen LogP contribution in [0.4, 0.5) is 0 Å². The maximum Gasteiger partial charge on any atom is 0.119 e. The van der Waals surface area contributed by atoms with Crippen molar-refractivity contribution in [2.45, 2.75) is 19.8 Å². The molecule has 0 saturated carbocycles. The number of rotatable bonds is 6. The molecule has 3 heteroatoms. The van der Waals surface area contributed by atoms with E-state index in [9.17, 15) is 0 Å². The molecule has 2 nitrogen and oxygen atoms in total. The second-order valence-electron chi connectivity index (χ2n) is 4.06. The minimum absolute atomic E-state index is 0. The summed E-state index contributed by atoms with van der Waals surface area (Å²) < 4.78 is 5.57. The number of halogens is 1. The van der Waals surface area contributed by atoms with Gasteiger partial charge in [0.2, 0.25) is 0 Å². The monoisotopic (exact) mass is 255 g/mol. The zero-order valence-corrected chi connectivity index (χ0v) is 11.6. The number of ether oxygens (including phenoxy) is 1. The summed E-state index contributed by atoms with van der Waals surface area (Å²) in [5, 5.41) is 3.04. The average molecular weight is 256 g/mol. The van der Waals surface area contributed by atoms with Crippen molar-refractivity contribution in [3.8, 4) is 5.75 Å². The predicted molar refractivity (Wildman–Crippen MR) is 76.3 cm³/mol. The van der Waals surface area contributed by atoms with Crippen LogP contribution in [0.2, 0.25) is 0 Å². The van der Waals surface area contributed by atoms with Gasteiger partial charge in [-0.05, 0) is 30.7 Å². The maximum absolute atomic E-state index is 5.57. The fourth-order valence-corrected chi connectivity index (χ4v) is 1.36. The van der Waals surface area contributed by atoms with E-state index >= 15 is 0 Å². The maximum atomic E-state index is 5.57. The van der Waals surface area contributed by atoms with Gasteiger partial charge in [-0.1, -0.05) is 38.1 Å². The van der Waals surface area contributed by atoms with Gasteiger partial charge in [-0.15, -0.1) is 12.4 Å². The highest BCUT2D eigenvalue weighted by molar-refractivity contribution is 5.85. The summed E-state index contributed by atoms with van der Waals surface area (Å²) in [6.07, 6.45) is 4.08. The van der Waals surface area contributed by atoms with Crippen molar-refractivity contribution < 1.29 is 4.74 Å². The Labute approximate surface area is 110 Å². The zero-order chi connectivity index (χ0) is 11.8. The summed E-state index contributed by atoms with van der Waals surface area (Å²) in [4.78, 5) is 0. The third kappa shape index (κ3) is 6.35. The van der Waals surface area contributed by atoms with Crippen LogP contribution in [0.5, 0.6) is 5.75 Å². The van der Waals surface area contributed by atoms with Crippen molar-refractivity contribution in [3.63, 3.8) is 0 Å². The lowest BCUT2D eigenvalue weighted by molar-refractivity contribution is 0.362. The molecule has 0 aliphatic carbocycles. The van der Waals surface area contributed by atoms with Gasteiger partial charge < -0.3 is 10.1 Å². The minimum Gasteiger partial charge on any atom is -0.490 e. The summed E-state index contributed by atoms with van der Waals surface area (Å²) in [6, 6.07) is 8.30. The number of likely N-dealkylation sites (N-methyl/N-ethyl adjacent to an activating group) is 1. The van der Waals surface area contributed by atoms with Gasteiger partial charge in [0.05, 0.1) is 0 Å². The van der Waals surface area contributed by atoms with Gasteiger partial charge >= 0.3 is 0 Å². The van der Waals surface area contributed by atoms with Crippen molar-refractivity contribution in [1.82, 2.24) is 5.32 Å². The van der Waals surface area contributed by atoms with Crippen molar-refractivity contribution in [2.75, 3.05) is 20.2 Å². The van der Waals surface area contributed by atoms with Crippen LogP contribution in [0, 0.1) is 0 Å². The summed E-state index contributed by atoms with van der Waals surface area (Å²) in [6.45, 7) is 5.89. The van der Waals surface area contributed by atoms with E-state index in [1.54, 1.807) is 0 Å². The Morgan fingerprint density at radius 1 is 1.18 bits per heavy atom. The van der Waals surface area contributed by atoms with E-state index in [4.69, 9.17) is 4.74 Å². The average Bonchev–Trinajstić information content (AvgIpc) is 2.29. The quantitative estimate of drug-likeness (QED) is 0.787. The van der Waals surface area contributed by atoms with Gasteiger partial charge in [-0.2, -0.15) is 0 Å². The van der Waals surface area contributed by atoms with Crippen LogP contribution >= 0.6 is 12.4 Å². The number of hydrogen-bond donors (Lipinski definition) is 1. The molecule has 0 aliphatic rings. The summed E-state index contributed by atoms with van der Waals surface area (Å²) in [7, 11) is 1.93. The van der Waals surface area contributed by atoms with E-state index in [-0.39, 0.29) is 12.4 Å². The van der Waals surface area contributed by atoms with Crippen molar-refractivity contribution in [2.24, 2.45) is 0 Å². The normalized spacial score (nSPS) is 10.6. The SMILES string of the molecule is CNC/C=C/COc1ccc(C(C)C)cc1.Cl. The van der Waals surface area contributed by atoms with Crippen molar-refractivity contribution in [3.05, 3.63) is 42.0 Å². The summed E-state index contributed by atoms with van der Waals surface area (Å²) >= 11 is 0. The Bertz CT molecular complexity index is 319. The van der Waals surface area contributed by atoms with Crippen molar-refractivity contribution in [1.29, 1.82) is 0 Å². The number of benzene rings is 1. The van der Waals surface area contributed by atoms with Gasteiger partial charge in [0.15, 0.2) is 0 Å². The van der Waals surface area contributed by atoms with Gasteiger partial charge in [0.1, 0.15) is 12.4 Å². The molecule has 96 valence electrons. The molecule has 0 spiro atoms. The van der Waals surface area contributed by atoms with Gasteiger partial charge in [0.25, 0.3) is 0 Å². The highest BCUT2D eigenvalue weighted by Gasteiger charge is 1.98. The highest BCUT2D eigenvalue weighted by atomic mass is 35.5. The number of nitrogens with one attached hydrogen (secondary N) is 1. The van der Waals surface area contributed by atoms with E-state index in [0.717, 1.165) is 12.3 Å². The van der Waals surface area contributed by atoms with E-state index in [2.05, 4.69) is 37.4 Å². The van der Waals surface area contributed by atoms with Crippen LogP contribution in [0.3, 0.4) is 0 Å². The fourth-order valence-electron chi connectivity index (χ4n) is 1.36. The molecule has 0 aliphatic heterocycles. The predicted octanol–water partition coefficient (Wildman–Crippen LogP) is 3.39. The number of hydrogen-bond acceptors (Lipinski definition) is 2. The molecule has 0 fully saturated rings. The van der Waals surface area contributed by atoms with Crippen LogP contribution in [-0.2, 0) is 0 Å². The molecule has 1 aromatic rings. The Morgan fingerprint density at radius 2 is 1.82 bits per heavy atom. The molecule has 0 radical (unpaired) electrons. The molecule has 0 atom stereocenters. The second-order valence-corrected chi connectivity index (χ2v) is 4.06. The van der Waals surface area contributed by atoms with Crippen LogP contribution in [0.25, 0.3) is 0 Å². The molecule has 1 N–H and O–H groups in total. The molecule has 0 aromatic heterocycles. The van der Waals surface area contributed by atoms with Crippen molar-refractivity contribution >= 4 is 12.4 Å². The molecule has 0 amide bonds. The van der Waals surface area contributed by atoms with Crippen LogP contribution in [0.1, 0.15) is 25.3 Å². The fraction of sp³-hybridized carbons (Fsp3) is 0.429. The molecule has 0 saturated heterocycles. The smallest absolute Gasteiger partial charge is 0.119 e.